The highest BCUT2D eigenvalue weighted by Gasteiger charge is 2.13. The Morgan fingerprint density at radius 3 is 1.62 bits per heavy atom. The van der Waals surface area contributed by atoms with Gasteiger partial charge >= 0.3 is 5.97 Å². The first-order valence-corrected chi connectivity index (χ1v) is 3.37. The Balaban J connectivity index is 0. The number of hydrogen-bond acceptors (Lipinski definition) is 5. The predicted octanol–water partition coefficient (Wildman–Crippen LogP) is -0.905. The van der Waals surface area contributed by atoms with Crippen LogP contribution in [0, 0.1) is 28.6 Å². The van der Waals surface area contributed by atoms with Gasteiger partial charge in [0.05, 0.1) is 12.1 Å². The summed E-state index contributed by atoms with van der Waals surface area (Å²) < 4.78 is 0. The standard InChI is InChI=1S/C4H2N2O2.C3H8O2/c5-1-3(2-6)4(7)8;4-2-1-3-5/h3H,(H,7,8);4-5H,1-3H2. The topological polar surface area (TPSA) is 125 Å². The van der Waals surface area contributed by atoms with E-state index in [-0.39, 0.29) is 13.2 Å². The molecular formula is C7H10N2O4. The minimum Gasteiger partial charge on any atom is -0.479 e. The van der Waals surface area contributed by atoms with Gasteiger partial charge in [-0.3, -0.25) is 0 Å². The fraction of sp³-hybridized carbons (Fsp3) is 0.571. The summed E-state index contributed by atoms with van der Waals surface area (Å²) in [5.74, 6) is -2.91. The van der Waals surface area contributed by atoms with Crippen molar-refractivity contribution in [2.24, 2.45) is 5.92 Å². The molecule has 0 aliphatic carbocycles. The quantitative estimate of drug-likeness (QED) is 0.524. The molecule has 0 aromatic carbocycles. The van der Waals surface area contributed by atoms with E-state index in [2.05, 4.69) is 0 Å². The number of aliphatic hydroxyl groups is 2. The maximum absolute atomic E-state index is 9.72. The van der Waals surface area contributed by atoms with Crippen LogP contribution in [0.4, 0.5) is 0 Å². The third kappa shape index (κ3) is 10.4. The first kappa shape index (κ1) is 13.9. The van der Waals surface area contributed by atoms with E-state index in [0.717, 1.165) is 0 Å². The van der Waals surface area contributed by atoms with Crippen LogP contribution in [0.25, 0.3) is 0 Å². The van der Waals surface area contributed by atoms with Gasteiger partial charge in [0.25, 0.3) is 0 Å². The van der Waals surface area contributed by atoms with Crippen molar-refractivity contribution in [1.82, 2.24) is 0 Å². The van der Waals surface area contributed by atoms with Gasteiger partial charge < -0.3 is 15.3 Å². The van der Waals surface area contributed by atoms with Crippen LogP contribution in [0.1, 0.15) is 6.42 Å². The number of hydrogen-bond donors (Lipinski definition) is 3. The molecule has 0 radical (unpaired) electrons. The van der Waals surface area contributed by atoms with Crippen molar-refractivity contribution in [3.8, 4) is 12.1 Å². The van der Waals surface area contributed by atoms with E-state index >= 15 is 0 Å². The second kappa shape index (κ2) is 10.4. The monoisotopic (exact) mass is 186 g/mol. The molecular weight excluding hydrogens is 176 g/mol. The van der Waals surface area contributed by atoms with Crippen LogP contribution in [0.5, 0.6) is 0 Å². The summed E-state index contributed by atoms with van der Waals surface area (Å²) in [6, 6.07) is 2.58. The Morgan fingerprint density at radius 2 is 1.62 bits per heavy atom. The summed E-state index contributed by atoms with van der Waals surface area (Å²) in [7, 11) is 0. The molecule has 0 amide bonds. The highest BCUT2D eigenvalue weighted by Crippen LogP contribution is 1.88. The second-order valence-corrected chi connectivity index (χ2v) is 1.83. The summed E-state index contributed by atoms with van der Waals surface area (Å²) >= 11 is 0. The molecule has 0 saturated heterocycles. The average molecular weight is 186 g/mol. The third-order valence-corrected chi connectivity index (χ3v) is 0.821. The van der Waals surface area contributed by atoms with E-state index < -0.39 is 11.9 Å². The van der Waals surface area contributed by atoms with Crippen LogP contribution in [0.2, 0.25) is 0 Å². The van der Waals surface area contributed by atoms with Crippen molar-refractivity contribution >= 4 is 5.97 Å². The molecule has 0 spiro atoms. The zero-order valence-corrected chi connectivity index (χ0v) is 6.84. The summed E-state index contributed by atoms with van der Waals surface area (Å²) in [5.41, 5.74) is 0. The van der Waals surface area contributed by atoms with Crippen LogP contribution < -0.4 is 0 Å². The summed E-state index contributed by atoms with van der Waals surface area (Å²) in [6.45, 7) is 0.188. The van der Waals surface area contributed by atoms with Crippen molar-refractivity contribution in [3.05, 3.63) is 0 Å². The first-order chi connectivity index (χ1) is 6.13. The normalized spacial score (nSPS) is 7.77. The van der Waals surface area contributed by atoms with Crippen LogP contribution >= 0.6 is 0 Å². The van der Waals surface area contributed by atoms with Crippen LogP contribution in [0.15, 0.2) is 0 Å². The molecule has 72 valence electrons. The lowest BCUT2D eigenvalue weighted by Gasteiger charge is -1.83. The van der Waals surface area contributed by atoms with E-state index in [0.29, 0.717) is 6.42 Å². The third-order valence-electron chi connectivity index (χ3n) is 0.821. The zero-order valence-electron chi connectivity index (χ0n) is 6.84. The first-order valence-electron chi connectivity index (χ1n) is 3.37. The predicted molar refractivity (Wildman–Crippen MR) is 41.1 cm³/mol. The van der Waals surface area contributed by atoms with Gasteiger partial charge in [0.1, 0.15) is 0 Å². The van der Waals surface area contributed by atoms with Crippen LogP contribution in [-0.2, 0) is 4.79 Å². The van der Waals surface area contributed by atoms with E-state index in [1.54, 1.807) is 0 Å². The molecule has 0 fully saturated rings. The minimum absolute atomic E-state index is 0.0938. The summed E-state index contributed by atoms with van der Waals surface area (Å²) in [4.78, 5) is 9.72. The van der Waals surface area contributed by atoms with Crippen molar-refractivity contribution in [3.63, 3.8) is 0 Å². The van der Waals surface area contributed by atoms with Gasteiger partial charge in [-0.05, 0) is 6.42 Å². The molecule has 0 atom stereocenters. The highest BCUT2D eigenvalue weighted by molar-refractivity contribution is 5.75. The van der Waals surface area contributed by atoms with Crippen molar-refractivity contribution in [1.29, 1.82) is 10.5 Å². The molecule has 0 aliphatic heterocycles. The largest absolute Gasteiger partial charge is 0.479 e. The van der Waals surface area contributed by atoms with E-state index in [1.807, 2.05) is 0 Å². The van der Waals surface area contributed by atoms with Gasteiger partial charge in [-0.1, -0.05) is 0 Å². The Bertz CT molecular complexity index is 200. The van der Waals surface area contributed by atoms with E-state index in [4.69, 9.17) is 25.8 Å². The molecule has 0 rings (SSSR count). The zero-order chi connectivity index (χ0) is 10.7. The van der Waals surface area contributed by atoms with E-state index in [1.165, 1.54) is 12.1 Å². The Hall–Kier alpha value is -1.63. The molecule has 6 heteroatoms. The van der Waals surface area contributed by atoms with Crippen LogP contribution in [-0.4, -0.2) is 34.5 Å². The molecule has 0 aromatic heterocycles. The molecule has 6 nitrogen and oxygen atoms in total. The fourth-order valence-corrected chi connectivity index (χ4v) is 0.210. The van der Waals surface area contributed by atoms with Gasteiger partial charge in [0.15, 0.2) is 0 Å². The lowest BCUT2D eigenvalue weighted by Crippen LogP contribution is -2.07. The van der Waals surface area contributed by atoms with Crippen molar-refractivity contribution in [2.75, 3.05) is 13.2 Å². The number of nitrogens with zero attached hydrogens (tertiary/aromatic N) is 2. The number of aliphatic carboxylic acids is 1. The number of carbonyl (C=O) groups is 1. The van der Waals surface area contributed by atoms with Crippen molar-refractivity contribution < 1.29 is 20.1 Å². The van der Waals surface area contributed by atoms with Gasteiger partial charge in [0, 0.05) is 13.2 Å². The summed E-state index contributed by atoms with van der Waals surface area (Å²) in [6.07, 6.45) is 0.500. The number of carboxylic acids is 1. The molecule has 0 aliphatic rings. The Kier molecular flexibility index (Phi) is 11.1. The SMILES string of the molecule is N#CC(C#N)C(=O)O.OCCCO. The van der Waals surface area contributed by atoms with Crippen LogP contribution in [0.3, 0.4) is 0 Å². The van der Waals surface area contributed by atoms with Gasteiger partial charge in [-0.25, -0.2) is 4.79 Å². The number of carboxylic acid groups (broad SMARTS) is 1. The summed E-state index contributed by atoms with van der Waals surface area (Å²) in [5, 5.41) is 39.4. The minimum atomic E-state index is -1.52. The maximum atomic E-state index is 9.72. The Morgan fingerprint density at radius 1 is 1.23 bits per heavy atom. The lowest BCUT2D eigenvalue weighted by molar-refractivity contribution is -0.138. The maximum Gasteiger partial charge on any atom is 0.335 e. The van der Waals surface area contributed by atoms with Gasteiger partial charge in [0.2, 0.25) is 5.92 Å². The highest BCUT2D eigenvalue weighted by atomic mass is 16.4. The molecule has 0 heterocycles. The van der Waals surface area contributed by atoms with E-state index in [9.17, 15) is 4.79 Å². The molecule has 0 saturated carbocycles. The molecule has 13 heavy (non-hydrogen) atoms. The van der Waals surface area contributed by atoms with Gasteiger partial charge in [-0.2, -0.15) is 10.5 Å². The molecule has 0 unspecified atom stereocenters. The molecule has 0 bridgehead atoms. The smallest absolute Gasteiger partial charge is 0.335 e. The lowest BCUT2D eigenvalue weighted by atomic mass is 10.2. The second-order valence-electron chi connectivity index (χ2n) is 1.83. The molecule has 3 N–H and O–H groups in total. The average Bonchev–Trinajstić information content (AvgIpc) is 2.08. The number of aliphatic hydroxyl groups excluding tert-OH is 2. The Labute approximate surface area is 75.3 Å². The molecule has 0 aromatic rings. The number of rotatable bonds is 3. The van der Waals surface area contributed by atoms with Gasteiger partial charge in [-0.15, -0.1) is 0 Å². The number of nitriles is 2. The fourth-order valence-electron chi connectivity index (χ4n) is 0.210. The van der Waals surface area contributed by atoms with Crippen molar-refractivity contribution in [2.45, 2.75) is 6.42 Å².